The Morgan fingerprint density at radius 1 is 0.886 bits per heavy atom. The Morgan fingerprint density at radius 2 is 1.59 bits per heavy atom. The van der Waals surface area contributed by atoms with Gasteiger partial charge in [-0.3, -0.25) is 14.6 Å². The number of alkyl halides is 3. The summed E-state index contributed by atoms with van der Waals surface area (Å²) in [6.45, 7) is 2.15. The number of halogens is 3. The van der Waals surface area contributed by atoms with Gasteiger partial charge >= 0.3 is 6.18 Å². The Kier molecular flexibility index (Phi) is 11.1. The van der Waals surface area contributed by atoms with Crippen LogP contribution < -0.4 is 0 Å². The number of benzene rings is 3. The number of hydrogen-bond donors (Lipinski definition) is 1. The molecular weight excluding hydrogens is 565 g/mol. The molecule has 2 atom stereocenters. The third kappa shape index (κ3) is 9.35. The van der Waals surface area contributed by atoms with Crippen molar-refractivity contribution in [1.29, 1.82) is 0 Å². The van der Waals surface area contributed by atoms with Gasteiger partial charge in [0, 0.05) is 30.8 Å². The molecule has 5 nitrogen and oxygen atoms in total. The topological polar surface area (TPSA) is 70.5 Å². The highest BCUT2D eigenvalue weighted by atomic mass is 19.4. The predicted molar refractivity (Wildman–Crippen MR) is 164 cm³/mol. The molecule has 1 N–H and O–H groups in total. The number of amides is 1. The van der Waals surface area contributed by atoms with E-state index in [1.165, 1.54) is 6.07 Å². The third-order valence-electron chi connectivity index (χ3n) is 7.67. The Labute approximate surface area is 256 Å². The van der Waals surface area contributed by atoms with Gasteiger partial charge in [-0.25, -0.2) is 0 Å². The summed E-state index contributed by atoms with van der Waals surface area (Å²) in [7, 11) is 1.69. The van der Waals surface area contributed by atoms with Gasteiger partial charge in [0.25, 0.3) is 5.91 Å². The van der Waals surface area contributed by atoms with Crippen molar-refractivity contribution in [2.75, 3.05) is 7.05 Å². The van der Waals surface area contributed by atoms with E-state index in [4.69, 9.17) is 0 Å². The number of nitrogens with zero attached hydrogens (tertiary/aromatic N) is 2. The fourth-order valence-electron chi connectivity index (χ4n) is 5.37. The molecule has 0 aliphatic rings. The largest absolute Gasteiger partial charge is 0.416 e. The highest BCUT2D eigenvalue weighted by Gasteiger charge is 2.30. The molecular formula is C36H37F3N2O3. The van der Waals surface area contributed by atoms with Crippen LogP contribution in [0.4, 0.5) is 13.2 Å². The van der Waals surface area contributed by atoms with E-state index in [0.717, 1.165) is 29.0 Å². The molecule has 4 aromatic rings. The molecule has 0 aliphatic heterocycles. The van der Waals surface area contributed by atoms with Crippen LogP contribution in [0.1, 0.15) is 67.9 Å². The van der Waals surface area contributed by atoms with Crippen molar-refractivity contribution in [2.24, 2.45) is 5.92 Å². The smallest absolute Gasteiger partial charge is 0.393 e. The van der Waals surface area contributed by atoms with Crippen LogP contribution >= 0.6 is 0 Å². The Bertz CT molecular complexity index is 1540. The first-order valence-electron chi connectivity index (χ1n) is 14.7. The molecule has 0 radical (unpaired) electrons. The maximum atomic E-state index is 13.6. The van der Waals surface area contributed by atoms with Crippen molar-refractivity contribution in [3.05, 3.63) is 136 Å². The zero-order chi connectivity index (χ0) is 31.7. The van der Waals surface area contributed by atoms with Gasteiger partial charge in [-0.2, -0.15) is 13.2 Å². The van der Waals surface area contributed by atoms with E-state index < -0.39 is 23.8 Å². The quantitative estimate of drug-likeness (QED) is 0.161. The molecule has 0 aliphatic carbocycles. The standard InChI is InChI=1S/C36H37F3N2O3/c1-25-18-28(22-30(19-25)35(44)41(2)24-32-15-6-7-17-40-32)34(43)23-29(20-26-10-4-3-5-11-26)33(42)16-9-13-27-12-8-14-31(21-27)36(37,38)39/h3-8,10-12,14-15,17-19,21-22,29,33,42H,9,13,16,20,23-24H2,1-2H3/t29-,33-/m1/s1. The summed E-state index contributed by atoms with van der Waals surface area (Å²) < 4.78 is 39.4. The Morgan fingerprint density at radius 3 is 2.30 bits per heavy atom. The van der Waals surface area contributed by atoms with E-state index in [2.05, 4.69) is 4.98 Å². The van der Waals surface area contributed by atoms with Crippen molar-refractivity contribution in [3.63, 3.8) is 0 Å². The number of aliphatic hydroxyl groups excluding tert-OH is 1. The van der Waals surface area contributed by atoms with Gasteiger partial charge in [-0.15, -0.1) is 0 Å². The molecule has 0 fully saturated rings. The number of aryl methyl sites for hydroxylation is 2. The summed E-state index contributed by atoms with van der Waals surface area (Å²) in [5.41, 5.74) is 3.14. The van der Waals surface area contributed by atoms with Gasteiger partial charge in [-0.05, 0) is 91.6 Å². The first-order valence-corrected chi connectivity index (χ1v) is 14.7. The van der Waals surface area contributed by atoms with Crippen molar-refractivity contribution >= 4 is 11.7 Å². The Balaban J connectivity index is 1.46. The molecule has 1 heterocycles. The van der Waals surface area contributed by atoms with Crippen LogP contribution in [0.3, 0.4) is 0 Å². The Hall–Kier alpha value is -4.30. The van der Waals surface area contributed by atoms with E-state index in [-0.39, 0.29) is 18.1 Å². The second kappa shape index (κ2) is 14.9. The number of rotatable bonds is 13. The van der Waals surface area contributed by atoms with Gasteiger partial charge in [-0.1, -0.05) is 54.6 Å². The molecule has 1 amide bonds. The van der Waals surface area contributed by atoms with E-state index in [1.807, 2.05) is 55.5 Å². The number of hydrogen-bond acceptors (Lipinski definition) is 4. The average Bonchev–Trinajstić information content (AvgIpc) is 3.00. The van der Waals surface area contributed by atoms with E-state index in [0.29, 0.717) is 48.9 Å². The van der Waals surface area contributed by atoms with Crippen LogP contribution in [0, 0.1) is 12.8 Å². The zero-order valence-corrected chi connectivity index (χ0v) is 24.9. The highest BCUT2D eigenvalue weighted by Crippen LogP contribution is 2.30. The average molecular weight is 603 g/mol. The van der Waals surface area contributed by atoms with Gasteiger partial charge in [0.05, 0.1) is 23.9 Å². The number of aromatic nitrogens is 1. The lowest BCUT2D eigenvalue weighted by Gasteiger charge is -2.23. The van der Waals surface area contributed by atoms with Gasteiger partial charge in [0.2, 0.25) is 0 Å². The minimum atomic E-state index is -4.41. The fourth-order valence-corrected chi connectivity index (χ4v) is 5.37. The second-order valence-electron chi connectivity index (χ2n) is 11.3. The van der Waals surface area contributed by atoms with Crippen molar-refractivity contribution in [3.8, 4) is 0 Å². The monoisotopic (exact) mass is 602 g/mol. The van der Waals surface area contributed by atoms with Crippen LogP contribution in [0.15, 0.2) is 97.2 Å². The maximum absolute atomic E-state index is 13.6. The summed E-state index contributed by atoms with van der Waals surface area (Å²) in [5, 5.41) is 11.2. The van der Waals surface area contributed by atoms with Gasteiger partial charge < -0.3 is 10.0 Å². The number of carbonyl (C=O) groups is 2. The lowest BCUT2D eigenvalue weighted by atomic mass is 9.85. The maximum Gasteiger partial charge on any atom is 0.416 e. The van der Waals surface area contributed by atoms with Crippen LogP contribution in [-0.2, 0) is 25.6 Å². The minimum absolute atomic E-state index is 0.0560. The molecule has 8 heteroatoms. The number of carbonyl (C=O) groups excluding carboxylic acids is 2. The highest BCUT2D eigenvalue weighted by molar-refractivity contribution is 6.01. The summed E-state index contributed by atoms with van der Waals surface area (Å²) in [4.78, 5) is 32.7. The van der Waals surface area contributed by atoms with Crippen molar-refractivity contribution in [2.45, 2.75) is 57.9 Å². The molecule has 44 heavy (non-hydrogen) atoms. The molecule has 0 spiro atoms. The number of ketones is 1. The van der Waals surface area contributed by atoms with Crippen LogP contribution in [-0.4, -0.2) is 39.8 Å². The SMILES string of the molecule is Cc1cc(C(=O)C[C@@H](Cc2ccccc2)[C@H](O)CCCc2cccc(C(F)(F)F)c2)cc(C(=O)N(C)Cc2ccccn2)c1. The molecule has 3 aromatic carbocycles. The lowest BCUT2D eigenvalue weighted by molar-refractivity contribution is -0.137. The molecule has 4 rings (SSSR count). The molecule has 0 bridgehead atoms. The summed E-state index contributed by atoms with van der Waals surface area (Å²) in [6, 6.07) is 25.4. The lowest BCUT2D eigenvalue weighted by Crippen LogP contribution is -2.27. The fraction of sp³-hybridized carbons (Fsp3) is 0.306. The van der Waals surface area contributed by atoms with Crippen molar-refractivity contribution in [1.82, 2.24) is 9.88 Å². The molecule has 0 saturated carbocycles. The van der Waals surface area contributed by atoms with E-state index in [1.54, 1.807) is 42.4 Å². The zero-order valence-electron chi connectivity index (χ0n) is 24.9. The number of pyridine rings is 1. The third-order valence-corrected chi connectivity index (χ3v) is 7.67. The number of aliphatic hydroxyl groups is 1. The first kappa shape index (κ1) is 32.6. The predicted octanol–water partition coefficient (Wildman–Crippen LogP) is 7.50. The molecule has 0 saturated heterocycles. The molecule has 0 unspecified atom stereocenters. The van der Waals surface area contributed by atoms with Crippen molar-refractivity contribution < 1.29 is 27.9 Å². The first-order chi connectivity index (χ1) is 21.0. The second-order valence-corrected chi connectivity index (χ2v) is 11.3. The van der Waals surface area contributed by atoms with Gasteiger partial charge in [0.1, 0.15) is 0 Å². The minimum Gasteiger partial charge on any atom is -0.393 e. The summed E-state index contributed by atoms with van der Waals surface area (Å²) in [5.74, 6) is -0.838. The summed E-state index contributed by atoms with van der Waals surface area (Å²) >= 11 is 0. The van der Waals surface area contributed by atoms with E-state index in [9.17, 15) is 27.9 Å². The number of Topliss-reactive ketones (excluding diaryl/α,β-unsaturated/α-hetero) is 1. The van der Waals surface area contributed by atoms with Crippen LogP contribution in [0.2, 0.25) is 0 Å². The van der Waals surface area contributed by atoms with Crippen LogP contribution in [0.25, 0.3) is 0 Å². The normalized spacial score (nSPS) is 12.9. The van der Waals surface area contributed by atoms with Crippen LogP contribution in [0.5, 0.6) is 0 Å². The summed E-state index contributed by atoms with van der Waals surface area (Å²) in [6.07, 6.45) is -1.90. The molecule has 230 valence electrons. The van der Waals surface area contributed by atoms with Gasteiger partial charge in [0.15, 0.2) is 5.78 Å². The molecule has 1 aromatic heterocycles. The van der Waals surface area contributed by atoms with E-state index >= 15 is 0 Å².